The van der Waals surface area contributed by atoms with Gasteiger partial charge in [-0.15, -0.1) is 11.3 Å². The molecule has 0 spiro atoms. The average Bonchev–Trinajstić information content (AvgIpc) is 2.94. The van der Waals surface area contributed by atoms with E-state index in [0.717, 1.165) is 0 Å². The Morgan fingerprint density at radius 1 is 1.33 bits per heavy atom. The lowest BCUT2D eigenvalue weighted by Gasteiger charge is -2.23. The van der Waals surface area contributed by atoms with Crippen molar-refractivity contribution in [3.05, 3.63) is 35.5 Å². The monoisotopic (exact) mass is 305 g/mol. The van der Waals surface area contributed by atoms with Crippen LogP contribution in [0.25, 0.3) is 10.7 Å². The molecule has 0 aliphatic rings. The molecule has 0 aliphatic heterocycles. The Kier molecular flexibility index (Phi) is 4.64. The number of carbonyl (C=O) groups excluding carboxylic acids is 1. The number of carboxylic acids is 1. The standard InChI is InChI=1S/C14H15N3O3S/c1-9(2)17(8-12(18)19)14(20)11-7-16-13(21-11)10-5-3-4-6-15-10/h3-7,9H,8H2,1-2H3,(H,18,19). The summed E-state index contributed by atoms with van der Waals surface area (Å²) in [6, 6.07) is 5.26. The molecule has 110 valence electrons. The molecule has 1 amide bonds. The normalized spacial score (nSPS) is 10.6. The van der Waals surface area contributed by atoms with Crippen LogP contribution in [0.5, 0.6) is 0 Å². The van der Waals surface area contributed by atoms with Crippen molar-refractivity contribution in [2.75, 3.05) is 6.54 Å². The topological polar surface area (TPSA) is 83.4 Å². The fourth-order valence-corrected chi connectivity index (χ4v) is 2.61. The van der Waals surface area contributed by atoms with E-state index in [0.29, 0.717) is 15.6 Å². The molecule has 0 bridgehead atoms. The maximum atomic E-state index is 12.4. The molecule has 0 atom stereocenters. The minimum Gasteiger partial charge on any atom is -0.480 e. The summed E-state index contributed by atoms with van der Waals surface area (Å²) in [5.41, 5.74) is 0.691. The quantitative estimate of drug-likeness (QED) is 0.915. The average molecular weight is 305 g/mol. The molecule has 21 heavy (non-hydrogen) atoms. The lowest BCUT2D eigenvalue weighted by Crippen LogP contribution is -2.40. The molecule has 6 nitrogen and oxygen atoms in total. The van der Waals surface area contributed by atoms with E-state index in [4.69, 9.17) is 5.11 Å². The number of carbonyl (C=O) groups is 2. The Hall–Kier alpha value is -2.28. The first-order valence-electron chi connectivity index (χ1n) is 6.39. The summed E-state index contributed by atoms with van der Waals surface area (Å²) >= 11 is 1.21. The second kappa shape index (κ2) is 6.45. The van der Waals surface area contributed by atoms with Crippen LogP contribution in [0.2, 0.25) is 0 Å². The largest absolute Gasteiger partial charge is 0.480 e. The highest BCUT2D eigenvalue weighted by Crippen LogP contribution is 2.24. The van der Waals surface area contributed by atoms with Gasteiger partial charge in [-0.25, -0.2) is 4.98 Å². The van der Waals surface area contributed by atoms with Crippen molar-refractivity contribution in [1.29, 1.82) is 0 Å². The number of amides is 1. The zero-order valence-corrected chi connectivity index (χ0v) is 12.5. The van der Waals surface area contributed by atoms with Crippen LogP contribution in [-0.4, -0.2) is 44.4 Å². The SMILES string of the molecule is CC(C)N(CC(=O)O)C(=O)c1cnc(-c2ccccn2)s1. The maximum Gasteiger partial charge on any atom is 0.323 e. The number of rotatable bonds is 5. The van der Waals surface area contributed by atoms with Crippen molar-refractivity contribution in [3.63, 3.8) is 0 Å². The lowest BCUT2D eigenvalue weighted by atomic mass is 10.3. The summed E-state index contributed by atoms with van der Waals surface area (Å²) in [5.74, 6) is -1.36. The first kappa shape index (κ1) is 15.1. The predicted molar refractivity (Wildman–Crippen MR) is 79.2 cm³/mol. The molecule has 0 aromatic carbocycles. The molecule has 2 aromatic rings. The van der Waals surface area contributed by atoms with Gasteiger partial charge >= 0.3 is 5.97 Å². The number of nitrogens with zero attached hydrogens (tertiary/aromatic N) is 3. The molecule has 2 aromatic heterocycles. The zero-order chi connectivity index (χ0) is 15.4. The number of hydrogen-bond donors (Lipinski definition) is 1. The summed E-state index contributed by atoms with van der Waals surface area (Å²) in [4.78, 5) is 33.3. The minimum absolute atomic E-state index is 0.200. The minimum atomic E-state index is -1.04. The fourth-order valence-electron chi connectivity index (χ4n) is 1.76. The Morgan fingerprint density at radius 3 is 2.67 bits per heavy atom. The van der Waals surface area contributed by atoms with Gasteiger partial charge < -0.3 is 10.0 Å². The van der Waals surface area contributed by atoms with E-state index in [1.165, 1.54) is 22.4 Å². The van der Waals surface area contributed by atoms with Crippen LogP contribution >= 0.6 is 11.3 Å². The molecule has 0 unspecified atom stereocenters. The molecule has 0 radical (unpaired) electrons. The summed E-state index contributed by atoms with van der Waals surface area (Å²) in [7, 11) is 0. The van der Waals surface area contributed by atoms with Gasteiger partial charge in [-0.2, -0.15) is 0 Å². The lowest BCUT2D eigenvalue weighted by molar-refractivity contribution is -0.138. The molecule has 0 aliphatic carbocycles. The summed E-state index contributed by atoms with van der Waals surface area (Å²) in [6.07, 6.45) is 3.12. The van der Waals surface area contributed by atoms with E-state index in [-0.39, 0.29) is 18.5 Å². The number of aromatic nitrogens is 2. The van der Waals surface area contributed by atoms with Gasteiger partial charge in [0.25, 0.3) is 5.91 Å². The maximum absolute atomic E-state index is 12.4. The number of pyridine rings is 1. The van der Waals surface area contributed by atoms with E-state index in [2.05, 4.69) is 9.97 Å². The Bertz CT molecular complexity index is 640. The molecule has 2 rings (SSSR count). The number of thiazole rings is 1. The third kappa shape index (κ3) is 3.63. The van der Waals surface area contributed by atoms with Gasteiger partial charge in [-0.05, 0) is 26.0 Å². The van der Waals surface area contributed by atoms with E-state index in [9.17, 15) is 9.59 Å². The van der Waals surface area contributed by atoms with Gasteiger partial charge in [0, 0.05) is 12.2 Å². The second-order valence-corrected chi connectivity index (χ2v) is 5.70. The van der Waals surface area contributed by atoms with Crippen molar-refractivity contribution in [2.24, 2.45) is 0 Å². The molecule has 0 saturated heterocycles. The molecule has 7 heteroatoms. The van der Waals surface area contributed by atoms with Gasteiger partial charge in [0.2, 0.25) is 0 Å². The van der Waals surface area contributed by atoms with Gasteiger partial charge in [-0.1, -0.05) is 6.07 Å². The molecule has 1 N–H and O–H groups in total. The molecular formula is C14H15N3O3S. The highest BCUT2D eigenvalue weighted by Gasteiger charge is 2.23. The first-order chi connectivity index (χ1) is 9.99. The van der Waals surface area contributed by atoms with Crippen molar-refractivity contribution >= 4 is 23.2 Å². The molecule has 2 heterocycles. The summed E-state index contributed by atoms with van der Waals surface area (Å²) in [6.45, 7) is 3.23. The van der Waals surface area contributed by atoms with Crippen LogP contribution in [0.15, 0.2) is 30.6 Å². The Balaban J connectivity index is 2.23. The Labute approximate surface area is 126 Å². The fraction of sp³-hybridized carbons (Fsp3) is 0.286. The van der Waals surface area contributed by atoms with Crippen LogP contribution in [0.1, 0.15) is 23.5 Å². The number of carboxylic acid groups (broad SMARTS) is 1. The second-order valence-electron chi connectivity index (χ2n) is 4.67. The van der Waals surface area contributed by atoms with Crippen LogP contribution in [0, 0.1) is 0 Å². The van der Waals surface area contributed by atoms with Crippen LogP contribution < -0.4 is 0 Å². The van der Waals surface area contributed by atoms with E-state index >= 15 is 0 Å². The summed E-state index contributed by atoms with van der Waals surface area (Å²) < 4.78 is 0. The van der Waals surface area contributed by atoms with Gasteiger partial charge in [0.1, 0.15) is 16.4 Å². The number of hydrogen-bond acceptors (Lipinski definition) is 5. The van der Waals surface area contributed by atoms with Crippen LogP contribution in [0.3, 0.4) is 0 Å². The van der Waals surface area contributed by atoms with E-state index in [1.807, 2.05) is 12.1 Å². The molecule has 0 fully saturated rings. The third-order valence-corrected chi connectivity index (χ3v) is 3.80. The van der Waals surface area contributed by atoms with Gasteiger partial charge in [-0.3, -0.25) is 14.6 Å². The predicted octanol–water partition coefficient (Wildman–Crippen LogP) is 2.14. The van der Waals surface area contributed by atoms with Crippen molar-refractivity contribution < 1.29 is 14.7 Å². The van der Waals surface area contributed by atoms with Gasteiger partial charge in [0.05, 0.1) is 11.9 Å². The third-order valence-electron chi connectivity index (χ3n) is 2.79. The van der Waals surface area contributed by atoms with E-state index in [1.54, 1.807) is 26.1 Å². The van der Waals surface area contributed by atoms with Crippen LogP contribution in [0.4, 0.5) is 0 Å². The number of aliphatic carboxylic acids is 1. The smallest absolute Gasteiger partial charge is 0.323 e. The van der Waals surface area contributed by atoms with Crippen molar-refractivity contribution in [2.45, 2.75) is 19.9 Å². The highest BCUT2D eigenvalue weighted by molar-refractivity contribution is 7.16. The Morgan fingerprint density at radius 2 is 2.10 bits per heavy atom. The van der Waals surface area contributed by atoms with E-state index < -0.39 is 5.97 Å². The van der Waals surface area contributed by atoms with Crippen molar-refractivity contribution in [3.8, 4) is 10.7 Å². The highest BCUT2D eigenvalue weighted by atomic mass is 32.1. The molecular weight excluding hydrogens is 290 g/mol. The molecule has 0 saturated carbocycles. The first-order valence-corrected chi connectivity index (χ1v) is 7.20. The van der Waals surface area contributed by atoms with Crippen molar-refractivity contribution in [1.82, 2.24) is 14.9 Å². The zero-order valence-electron chi connectivity index (χ0n) is 11.7. The summed E-state index contributed by atoms with van der Waals surface area (Å²) in [5, 5.41) is 9.53. The van der Waals surface area contributed by atoms with Crippen LogP contribution in [-0.2, 0) is 4.79 Å². The van der Waals surface area contributed by atoms with Gasteiger partial charge in [0.15, 0.2) is 0 Å².